The molecule has 0 bridgehead atoms. The predicted octanol–water partition coefficient (Wildman–Crippen LogP) is 2.94. The number of fused-ring (bicyclic) bond motifs is 1. The van der Waals surface area contributed by atoms with Crippen LogP contribution in [0.1, 0.15) is 54.9 Å². The first-order valence-electron chi connectivity index (χ1n) is 10.4. The molecule has 0 amide bonds. The van der Waals surface area contributed by atoms with E-state index in [1.54, 1.807) is 0 Å². The van der Waals surface area contributed by atoms with Gasteiger partial charge in [-0.3, -0.25) is 4.79 Å². The summed E-state index contributed by atoms with van der Waals surface area (Å²) < 4.78 is 0. The number of nitriles is 1. The van der Waals surface area contributed by atoms with Crippen LogP contribution in [-0.4, -0.2) is 39.5 Å². The van der Waals surface area contributed by atoms with Crippen molar-refractivity contribution in [3.8, 4) is 6.07 Å². The quantitative estimate of drug-likeness (QED) is 0.677. The van der Waals surface area contributed by atoms with Gasteiger partial charge in [-0.05, 0) is 36.5 Å². The first-order chi connectivity index (χ1) is 14.3. The van der Waals surface area contributed by atoms with Crippen LogP contribution >= 0.6 is 0 Å². The molecule has 30 heavy (non-hydrogen) atoms. The smallest absolute Gasteiger partial charge is 0.224 e. The fourth-order valence-electron chi connectivity index (χ4n) is 4.38. The van der Waals surface area contributed by atoms with Crippen molar-refractivity contribution in [1.29, 1.82) is 5.26 Å². The third kappa shape index (κ3) is 3.52. The summed E-state index contributed by atoms with van der Waals surface area (Å²) in [4.78, 5) is 21.2. The Hall–Kier alpha value is -2.98. The number of carbonyl (C=O) groups is 1. The SMILES string of the molecule is Cc1cccc2c1CC(=O)C2CCNc1ncc(C#N)c(NC2C[C@H](O)C2(C)C)n1. The van der Waals surface area contributed by atoms with Crippen LogP contribution < -0.4 is 10.6 Å². The fraction of sp³-hybridized carbons (Fsp3) is 0.478. The van der Waals surface area contributed by atoms with Gasteiger partial charge in [0.15, 0.2) is 0 Å². The van der Waals surface area contributed by atoms with E-state index in [-0.39, 0.29) is 29.3 Å². The summed E-state index contributed by atoms with van der Waals surface area (Å²) in [6.07, 6.45) is 2.93. The van der Waals surface area contributed by atoms with Gasteiger partial charge in [-0.1, -0.05) is 32.0 Å². The van der Waals surface area contributed by atoms with Gasteiger partial charge in [-0.15, -0.1) is 0 Å². The Kier molecular flexibility index (Phi) is 5.20. The minimum Gasteiger partial charge on any atom is -0.392 e. The van der Waals surface area contributed by atoms with Crippen molar-refractivity contribution in [3.05, 3.63) is 46.6 Å². The zero-order chi connectivity index (χ0) is 21.5. The van der Waals surface area contributed by atoms with Crippen LogP contribution in [0.4, 0.5) is 11.8 Å². The highest BCUT2D eigenvalue weighted by atomic mass is 16.3. The normalized spacial score (nSPS) is 24.0. The molecule has 1 aromatic carbocycles. The molecule has 1 fully saturated rings. The Labute approximate surface area is 176 Å². The highest BCUT2D eigenvalue weighted by Gasteiger charge is 2.47. The molecule has 2 unspecified atom stereocenters. The minimum atomic E-state index is -0.365. The van der Waals surface area contributed by atoms with E-state index in [0.29, 0.717) is 43.1 Å². The Morgan fingerprint density at radius 3 is 2.87 bits per heavy atom. The summed E-state index contributed by atoms with van der Waals surface area (Å²) in [5.41, 5.74) is 3.56. The molecule has 7 heteroatoms. The van der Waals surface area contributed by atoms with Gasteiger partial charge in [-0.2, -0.15) is 10.2 Å². The number of aliphatic hydroxyl groups is 1. The highest BCUT2D eigenvalue weighted by Crippen LogP contribution is 2.42. The van der Waals surface area contributed by atoms with E-state index in [4.69, 9.17) is 0 Å². The Balaban J connectivity index is 1.42. The number of hydrogen-bond acceptors (Lipinski definition) is 7. The summed E-state index contributed by atoms with van der Waals surface area (Å²) in [7, 11) is 0. The van der Waals surface area contributed by atoms with Crippen molar-refractivity contribution in [2.45, 2.75) is 58.1 Å². The summed E-state index contributed by atoms with van der Waals surface area (Å²) in [6, 6.07) is 8.26. The maximum Gasteiger partial charge on any atom is 0.224 e. The second-order valence-electron chi connectivity index (χ2n) is 8.89. The second-order valence-corrected chi connectivity index (χ2v) is 8.89. The standard InChI is InChI=1S/C23H27N5O2/c1-13-5-4-6-15-16(18(29)9-17(13)15)7-8-25-22-26-12-14(11-24)21(28-22)27-19-10-20(30)23(19,2)3/h4-6,12,16,19-20,30H,7-10H2,1-3H3,(H2,25,26,27,28)/t16?,19?,20-/m0/s1. The van der Waals surface area contributed by atoms with Crippen LogP contribution in [0.3, 0.4) is 0 Å². The van der Waals surface area contributed by atoms with Crippen LogP contribution in [0.15, 0.2) is 24.4 Å². The van der Waals surface area contributed by atoms with Gasteiger partial charge >= 0.3 is 0 Å². The lowest BCUT2D eigenvalue weighted by molar-refractivity contribution is -0.119. The number of rotatable bonds is 6. The molecule has 4 rings (SSSR count). The molecule has 1 saturated carbocycles. The zero-order valence-corrected chi connectivity index (χ0v) is 17.6. The van der Waals surface area contributed by atoms with E-state index in [2.05, 4.69) is 26.7 Å². The molecular weight excluding hydrogens is 378 g/mol. The number of aryl methyl sites for hydroxylation is 1. The van der Waals surface area contributed by atoms with Gasteiger partial charge in [0, 0.05) is 30.3 Å². The highest BCUT2D eigenvalue weighted by molar-refractivity contribution is 5.93. The summed E-state index contributed by atoms with van der Waals surface area (Å²) >= 11 is 0. The van der Waals surface area contributed by atoms with E-state index in [1.165, 1.54) is 17.3 Å². The van der Waals surface area contributed by atoms with Crippen LogP contribution in [0.25, 0.3) is 0 Å². The second kappa shape index (κ2) is 7.69. The lowest BCUT2D eigenvalue weighted by atomic mass is 9.64. The molecule has 0 saturated heterocycles. The van der Waals surface area contributed by atoms with E-state index >= 15 is 0 Å². The first-order valence-corrected chi connectivity index (χ1v) is 10.4. The van der Waals surface area contributed by atoms with Gasteiger partial charge in [0.2, 0.25) is 5.95 Å². The Bertz CT molecular complexity index is 1030. The third-order valence-corrected chi connectivity index (χ3v) is 6.71. The monoisotopic (exact) mass is 405 g/mol. The van der Waals surface area contributed by atoms with Crippen LogP contribution in [0.5, 0.6) is 0 Å². The van der Waals surface area contributed by atoms with Crippen LogP contribution in [0.2, 0.25) is 0 Å². The minimum absolute atomic E-state index is 0.0400. The molecular formula is C23H27N5O2. The molecule has 3 N–H and O–H groups in total. The average Bonchev–Trinajstić information content (AvgIpc) is 3.05. The number of nitrogens with one attached hydrogen (secondary N) is 2. The van der Waals surface area contributed by atoms with E-state index in [0.717, 1.165) is 5.56 Å². The molecule has 2 aromatic rings. The van der Waals surface area contributed by atoms with Crippen molar-refractivity contribution < 1.29 is 9.90 Å². The van der Waals surface area contributed by atoms with Gasteiger partial charge in [0.25, 0.3) is 0 Å². The van der Waals surface area contributed by atoms with Crippen molar-refractivity contribution in [2.75, 3.05) is 17.2 Å². The topological polar surface area (TPSA) is 111 Å². The predicted molar refractivity (Wildman–Crippen MR) is 114 cm³/mol. The van der Waals surface area contributed by atoms with Gasteiger partial charge in [-0.25, -0.2) is 4.98 Å². The third-order valence-electron chi connectivity index (χ3n) is 6.71. The number of aromatic nitrogens is 2. The number of anilines is 2. The van der Waals surface area contributed by atoms with Crippen LogP contribution in [0, 0.1) is 23.7 Å². The molecule has 7 nitrogen and oxygen atoms in total. The lowest BCUT2D eigenvalue weighted by Crippen LogP contribution is -2.57. The molecule has 2 aliphatic carbocycles. The first kappa shape index (κ1) is 20.3. The molecule has 2 aliphatic rings. The molecule has 0 aliphatic heterocycles. The van der Waals surface area contributed by atoms with Crippen molar-refractivity contribution >= 4 is 17.5 Å². The average molecular weight is 406 g/mol. The molecule has 1 heterocycles. The molecule has 156 valence electrons. The van der Waals surface area contributed by atoms with Crippen LogP contribution in [-0.2, 0) is 11.2 Å². The van der Waals surface area contributed by atoms with E-state index in [9.17, 15) is 15.2 Å². The molecule has 0 radical (unpaired) electrons. The number of ketones is 1. The number of carbonyl (C=O) groups excluding carboxylic acids is 1. The summed E-state index contributed by atoms with van der Waals surface area (Å²) in [6.45, 7) is 6.59. The zero-order valence-electron chi connectivity index (χ0n) is 17.6. The van der Waals surface area contributed by atoms with E-state index < -0.39 is 0 Å². The van der Waals surface area contributed by atoms with Crippen molar-refractivity contribution in [3.63, 3.8) is 0 Å². The largest absolute Gasteiger partial charge is 0.392 e. The molecule has 1 aromatic heterocycles. The number of Topliss-reactive ketones (excluding diaryl/α,β-unsaturated/α-hetero) is 1. The summed E-state index contributed by atoms with van der Waals surface area (Å²) in [5, 5.41) is 25.8. The number of aliphatic hydroxyl groups excluding tert-OH is 1. The number of nitrogens with zero attached hydrogens (tertiary/aromatic N) is 3. The molecule has 0 spiro atoms. The lowest BCUT2D eigenvalue weighted by Gasteiger charge is -2.49. The van der Waals surface area contributed by atoms with Gasteiger partial charge in [0.1, 0.15) is 23.2 Å². The van der Waals surface area contributed by atoms with Crippen molar-refractivity contribution in [1.82, 2.24) is 9.97 Å². The summed E-state index contributed by atoms with van der Waals surface area (Å²) in [5.74, 6) is 1.05. The maximum atomic E-state index is 12.5. The Morgan fingerprint density at radius 1 is 1.37 bits per heavy atom. The number of hydrogen-bond donors (Lipinski definition) is 3. The maximum absolute atomic E-state index is 12.5. The van der Waals surface area contributed by atoms with E-state index in [1.807, 2.05) is 39.0 Å². The number of benzene rings is 1. The van der Waals surface area contributed by atoms with Gasteiger partial charge < -0.3 is 15.7 Å². The fourth-order valence-corrected chi connectivity index (χ4v) is 4.38. The Morgan fingerprint density at radius 2 is 2.17 bits per heavy atom. The molecule has 3 atom stereocenters. The van der Waals surface area contributed by atoms with Gasteiger partial charge in [0.05, 0.1) is 12.3 Å². The van der Waals surface area contributed by atoms with Crippen molar-refractivity contribution in [2.24, 2.45) is 5.41 Å².